The molecular formula is C16H25N3. The second kappa shape index (κ2) is 6.20. The maximum absolute atomic E-state index is 7.47. The summed E-state index contributed by atoms with van der Waals surface area (Å²) in [6.45, 7) is 7.68. The summed E-state index contributed by atoms with van der Waals surface area (Å²) in [5, 5.41) is 7.47. The zero-order valence-electron chi connectivity index (χ0n) is 12.1. The van der Waals surface area contributed by atoms with E-state index in [-0.39, 0.29) is 5.84 Å². The van der Waals surface area contributed by atoms with Crippen molar-refractivity contribution >= 4 is 5.84 Å². The smallest absolute Gasteiger partial charge is 0.122 e. The Bertz CT molecular complexity index is 449. The van der Waals surface area contributed by atoms with Crippen LogP contribution in [0.5, 0.6) is 0 Å². The molecule has 1 saturated carbocycles. The molecule has 0 heterocycles. The first-order valence-electron chi connectivity index (χ1n) is 7.26. The molecule has 0 aromatic heterocycles. The van der Waals surface area contributed by atoms with Gasteiger partial charge in [0.15, 0.2) is 0 Å². The Morgan fingerprint density at radius 3 is 2.63 bits per heavy atom. The van der Waals surface area contributed by atoms with Crippen LogP contribution >= 0.6 is 0 Å². The van der Waals surface area contributed by atoms with Crippen LogP contribution in [0.2, 0.25) is 0 Å². The van der Waals surface area contributed by atoms with Crippen molar-refractivity contribution in [3.05, 3.63) is 34.9 Å². The Morgan fingerprint density at radius 2 is 2.16 bits per heavy atom. The lowest BCUT2D eigenvalue weighted by molar-refractivity contribution is 0.178. The van der Waals surface area contributed by atoms with Gasteiger partial charge in [0.05, 0.1) is 0 Å². The lowest BCUT2D eigenvalue weighted by Crippen LogP contribution is -2.32. The molecule has 0 radical (unpaired) electrons. The third kappa shape index (κ3) is 3.57. The van der Waals surface area contributed by atoms with Crippen LogP contribution in [0, 0.1) is 18.3 Å². The summed E-state index contributed by atoms with van der Waals surface area (Å²) < 4.78 is 0. The van der Waals surface area contributed by atoms with Crippen molar-refractivity contribution in [3.63, 3.8) is 0 Å². The Labute approximate surface area is 116 Å². The van der Waals surface area contributed by atoms with E-state index in [0.29, 0.717) is 0 Å². The third-order valence-corrected chi connectivity index (χ3v) is 4.24. The molecule has 104 valence electrons. The molecule has 1 aromatic carbocycles. The maximum atomic E-state index is 7.47. The second-order valence-electron chi connectivity index (χ2n) is 5.68. The Morgan fingerprint density at radius 1 is 1.42 bits per heavy atom. The van der Waals surface area contributed by atoms with Gasteiger partial charge in [0.1, 0.15) is 5.84 Å². The van der Waals surface area contributed by atoms with Crippen LogP contribution in [-0.2, 0) is 6.54 Å². The highest BCUT2D eigenvalue weighted by Crippen LogP contribution is 2.27. The molecule has 1 aliphatic rings. The van der Waals surface area contributed by atoms with Crippen LogP contribution < -0.4 is 5.73 Å². The molecule has 0 aliphatic heterocycles. The summed E-state index contributed by atoms with van der Waals surface area (Å²) >= 11 is 0. The largest absolute Gasteiger partial charge is 0.384 e. The number of hydrogen-bond acceptors (Lipinski definition) is 2. The lowest BCUT2D eigenvalue weighted by atomic mass is 9.85. The van der Waals surface area contributed by atoms with Gasteiger partial charge in [0, 0.05) is 18.7 Å². The molecule has 0 unspecified atom stereocenters. The number of nitrogen functional groups attached to an aromatic ring is 1. The highest BCUT2D eigenvalue weighted by Gasteiger charge is 2.20. The zero-order valence-corrected chi connectivity index (χ0v) is 12.1. The van der Waals surface area contributed by atoms with E-state index in [1.807, 2.05) is 12.1 Å². The first-order valence-corrected chi connectivity index (χ1v) is 7.26. The van der Waals surface area contributed by atoms with E-state index < -0.39 is 0 Å². The average molecular weight is 259 g/mol. The van der Waals surface area contributed by atoms with Gasteiger partial charge in [-0.3, -0.25) is 10.3 Å². The maximum Gasteiger partial charge on any atom is 0.122 e. The van der Waals surface area contributed by atoms with Crippen molar-refractivity contribution in [2.24, 2.45) is 11.7 Å². The van der Waals surface area contributed by atoms with Gasteiger partial charge in [-0.25, -0.2) is 0 Å². The van der Waals surface area contributed by atoms with E-state index in [1.165, 1.54) is 36.9 Å². The summed E-state index contributed by atoms with van der Waals surface area (Å²) in [7, 11) is 0. The van der Waals surface area contributed by atoms with Crippen LogP contribution in [0.15, 0.2) is 18.2 Å². The summed E-state index contributed by atoms with van der Waals surface area (Å²) in [6, 6.07) is 6.10. The molecule has 1 aromatic rings. The number of nitrogens with two attached hydrogens (primary N) is 1. The van der Waals surface area contributed by atoms with Gasteiger partial charge in [0.25, 0.3) is 0 Å². The number of nitrogens with zero attached hydrogens (tertiary/aromatic N) is 1. The van der Waals surface area contributed by atoms with E-state index in [1.54, 1.807) is 0 Å². The van der Waals surface area contributed by atoms with Crippen LogP contribution in [0.4, 0.5) is 0 Å². The molecule has 0 atom stereocenters. The molecule has 0 amide bonds. The van der Waals surface area contributed by atoms with Crippen molar-refractivity contribution in [1.82, 2.24) is 4.90 Å². The van der Waals surface area contributed by atoms with Crippen molar-refractivity contribution in [2.45, 2.75) is 39.7 Å². The number of nitrogens with one attached hydrogen (secondary N) is 1. The van der Waals surface area contributed by atoms with Crippen LogP contribution in [-0.4, -0.2) is 23.8 Å². The Hall–Kier alpha value is -1.35. The molecule has 0 spiro atoms. The molecule has 0 saturated heterocycles. The molecule has 19 heavy (non-hydrogen) atoms. The minimum absolute atomic E-state index is 0.150. The number of hydrogen-bond donors (Lipinski definition) is 2. The van der Waals surface area contributed by atoms with Gasteiger partial charge in [0.2, 0.25) is 0 Å². The molecule has 3 N–H and O–H groups in total. The van der Waals surface area contributed by atoms with Crippen LogP contribution in [0.1, 0.15) is 42.9 Å². The fraction of sp³-hybridized carbons (Fsp3) is 0.562. The number of benzene rings is 1. The van der Waals surface area contributed by atoms with Crippen molar-refractivity contribution in [3.8, 4) is 0 Å². The highest BCUT2D eigenvalue weighted by atomic mass is 15.1. The Balaban J connectivity index is 2.01. The average Bonchev–Trinajstić information content (AvgIpc) is 2.33. The molecule has 3 nitrogen and oxygen atoms in total. The second-order valence-corrected chi connectivity index (χ2v) is 5.68. The minimum atomic E-state index is 0.150. The first kappa shape index (κ1) is 14.1. The van der Waals surface area contributed by atoms with Crippen LogP contribution in [0.25, 0.3) is 0 Å². The van der Waals surface area contributed by atoms with E-state index in [9.17, 15) is 0 Å². The number of aryl methyl sites for hydroxylation is 1. The quantitative estimate of drug-likeness (QED) is 0.609. The number of amidine groups is 1. The van der Waals surface area contributed by atoms with Gasteiger partial charge >= 0.3 is 0 Å². The summed E-state index contributed by atoms with van der Waals surface area (Å²) in [6.07, 6.45) is 4.21. The highest BCUT2D eigenvalue weighted by molar-refractivity contribution is 5.95. The van der Waals surface area contributed by atoms with Gasteiger partial charge in [-0.2, -0.15) is 0 Å². The van der Waals surface area contributed by atoms with Gasteiger partial charge in [-0.1, -0.05) is 25.5 Å². The SMILES string of the molecule is CCN(Cc1ccc(C(=N)N)cc1C)CC1CCC1. The molecule has 2 rings (SSSR count). The molecule has 3 heteroatoms. The Kier molecular flexibility index (Phi) is 4.59. The summed E-state index contributed by atoms with van der Waals surface area (Å²) in [5.74, 6) is 1.06. The molecule has 1 aliphatic carbocycles. The predicted molar refractivity (Wildman–Crippen MR) is 80.5 cm³/mol. The van der Waals surface area contributed by atoms with Crippen molar-refractivity contribution in [1.29, 1.82) is 5.41 Å². The van der Waals surface area contributed by atoms with Gasteiger partial charge in [-0.05, 0) is 49.4 Å². The van der Waals surface area contributed by atoms with Crippen LogP contribution in [0.3, 0.4) is 0 Å². The van der Waals surface area contributed by atoms with E-state index in [2.05, 4.69) is 24.8 Å². The van der Waals surface area contributed by atoms with E-state index in [0.717, 1.165) is 24.6 Å². The van der Waals surface area contributed by atoms with E-state index >= 15 is 0 Å². The predicted octanol–water partition coefficient (Wildman–Crippen LogP) is 2.90. The van der Waals surface area contributed by atoms with Gasteiger partial charge in [-0.15, -0.1) is 0 Å². The standard InChI is InChI=1S/C16H25N3/c1-3-19(10-13-5-4-6-13)11-15-8-7-14(16(17)18)9-12(15)2/h7-9,13H,3-6,10-11H2,1-2H3,(H3,17,18). The van der Waals surface area contributed by atoms with Crippen molar-refractivity contribution in [2.75, 3.05) is 13.1 Å². The lowest BCUT2D eigenvalue weighted by Gasteiger charge is -2.32. The normalized spacial score (nSPS) is 15.5. The summed E-state index contributed by atoms with van der Waals surface area (Å²) in [5.41, 5.74) is 8.94. The molecule has 1 fully saturated rings. The fourth-order valence-corrected chi connectivity index (χ4v) is 2.63. The zero-order chi connectivity index (χ0) is 13.8. The molecule has 0 bridgehead atoms. The van der Waals surface area contributed by atoms with Crippen molar-refractivity contribution < 1.29 is 0 Å². The fourth-order valence-electron chi connectivity index (χ4n) is 2.63. The summed E-state index contributed by atoms with van der Waals surface area (Å²) in [4.78, 5) is 2.53. The van der Waals surface area contributed by atoms with Gasteiger partial charge < -0.3 is 5.73 Å². The monoisotopic (exact) mass is 259 g/mol. The third-order valence-electron chi connectivity index (χ3n) is 4.24. The number of rotatable bonds is 6. The topological polar surface area (TPSA) is 53.1 Å². The minimum Gasteiger partial charge on any atom is -0.384 e. The molecular weight excluding hydrogens is 234 g/mol. The first-order chi connectivity index (χ1) is 9.10. The van der Waals surface area contributed by atoms with E-state index in [4.69, 9.17) is 11.1 Å².